The SMILES string of the molecule is CC(C)NCC(=O)N(C)C1CCN(C)CC1. The predicted molar refractivity (Wildman–Crippen MR) is 66.4 cm³/mol. The van der Waals surface area contributed by atoms with Crippen molar-refractivity contribution in [3.8, 4) is 0 Å². The number of carbonyl (C=O) groups is 1. The molecule has 4 heteroatoms. The number of amides is 1. The van der Waals surface area contributed by atoms with Gasteiger partial charge < -0.3 is 15.1 Å². The van der Waals surface area contributed by atoms with E-state index in [4.69, 9.17) is 0 Å². The number of rotatable bonds is 4. The third kappa shape index (κ3) is 4.10. The first-order chi connectivity index (χ1) is 7.50. The Bertz CT molecular complexity index is 222. The lowest BCUT2D eigenvalue weighted by molar-refractivity contribution is -0.131. The monoisotopic (exact) mass is 227 g/mol. The molecular formula is C12H25N3O. The van der Waals surface area contributed by atoms with Crippen molar-refractivity contribution < 1.29 is 4.79 Å². The van der Waals surface area contributed by atoms with Gasteiger partial charge in [0.05, 0.1) is 6.54 Å². The van der Waals surface area contributed by atoms with Gasteiger partial charge in [-0.25, -0.2) is 0 Å². The topological polar surface area (TPSA) is 35.6 Å². The summed E-state index contributed by atoms with van der Waals surface area (Å²) in [5.41, 5.74) is 0. The highest BCUT2D eigenvalue weighted by Crippen LogP contribution is 2.13. The van der Waals surface area contributed by atoms with Gasteiger partial charge in [-0.05, 0) is 33.0 Å². The van der Waals surface area contributed by atoms with Crippen LogP contribution < -0.4 is 5.32 Å². The van der Waals surface area contributed by atoms with Gasteiger partial charge in [-0.2, -0.15) is 0 Å². The largest absolute Gasteiger partial charge is 0.342 e. The maximum atomic E-state index is 11.9. The first-order valence-corrected chi connectivity index (χ1v) is 6.18. The number of hydrogen-bond acceptors (Lipinski definition) is 3. The number of nitrogens with one attached hydrogen (secondary N) is 1. The number of piperidine rings is 1. The normalized spacial score (nSPS) is 19.1. The van der Waals surface area contributed by atoms with Gasteiger partial charge in [0, 0.05) is 19.1 Å². The minimum absolute atomic E-state index is 0.211. The highest BCUT2D eigenvalue weighted by molar-refractivity contribution is 5.78. The van der Waals surface area contributed by atoms with Crippen LogP contribution in [-0.4, -0.2) is 61.5 Å². The predicted octanol–water partition coefficient (Wildman–Crippen LogP) is 0.537. The Morgan fingerprint density at radius 1 is 1.44 bits per heavy atom. The highest BCUT2D eigenvalue weighted by Gasteiger charge is 2.23. The van der Waals surface area contributed by atoms with E-state index in [-0.39, 0.29) is 5.91 Å². The summed E-state index contributed by atoms with van der Waals surface area (Å²) >= 11 is 0. The van der Waals surface area contributed by atoms with Crippen molar-refractivity contribution >= 4 is 5.91 Å². The van der Waals surface area contributed by atoms with Gasteiger partial charge in [-0.1, -0.05) is 13.8 Å². The molecule has 0 unspecified atom stereocenters. The Hall–Kier alpha value is -0.610. The average molecular weight is 227 g/mol. The number of likely N-dealkylation sites (N-methyl/N-ethyl adjacent to an activating group) is 1. The van der Waals surface area contributed by atoms with E-state index in [1.54, 1.807) is 0 Å². The van der Waals surface area contributed by atoms with Gasteiger partial charge in [0.2, 0.25) is 5.91 Å². The van der Waals surface area contributed by atoms with Crippen LogP contribution in [0.3, 0.4) is 0 Å². The molecule has 1 heterocycles. The van der Waals surface area contributed by atoms with E-state index >= 15 is 0 Å². The van der Waals surface area contributed by atoms with Crippen LogP contribution in [0.25, 0.3) is 0 Å². The summed E-state index contributed by atoms with van der Waals surface area (Å²) in [6, 6.07) is 0.799. The molecule has 1 saturated heterocycles. The van der Waals surface area contributed by atoms with E-state index in [1.807, 2.05) is 11.9 Å². The van der Waals surface area contributed by atoms with E-state index < -0.39 is 0 Å². The van der Waals surface area contributed by atoms with Gasteiger partial charge in [0.25, 0.3) is 0 Å². The van der Waals surface area contributed by atoms with Crippen molar-refractivity contribution in [2.24, 2.45) is 0 Å². The van der Waals surface area contributed by atoms with Gasteiger partial charge in [0.1, 0.15) is 0 Å². The van der Waals surface area contributed by atoms with Crippen LogP contribution in [0.1, 0.15) is 26.7 Å². The first kappa shape index (κ1) is 13.5. The van der Waals surface area contributed by atoms with Crippen molar-refractivity contribution in [2.45, 2.75) is 38.8 Å². The molecular weight excluding hydrogens is 202 g/mol. The molecule has 0 atom stereocenters. The zero-order chi connectivity index (χ0) is 12.1. The maximum absolute atomic E-state index is 11.9. The molecule has 0 aromatic rings. The van der Waals surface area contributed by atoms with E-state index in [1.165, 1.54) is 0 Å². The first-order valence-electron chi connectivity index (χ1n) is 6.18. The van der Waals surface area contributed by atoms with E-state index in [0.717, 1.165) is 25.9 Å². The van der Waals surface area contributed by atoms with Gasteiger partial charge in [-0.15, -0.1) is 0 Å². The smallest absolute Gasteiger partial charge is 0.236 e. The number of hydrogen-bond donors (Lipinski definition) is 1. The lowest BCUT2D eigenvalue weighted by Crippen LogP contribution is -2.47. The van der Waals surface area contributed by atoms with Crippen molar-refractivity contribution in [1.29, 1.82) is 0 Å². The third-order valence-corrected chi connectivity index (χ3v) is 3.29. The Kier molecular flexibility index (Phi) is 5.22. The molecule has 0 aromatic heterocycles. The summed E-state index contributed by atoms with van der Waals surface area (Å²) in [6.45, 7) is 6.77. The molecule has 0 bridgehead atoms. The number of likely N-dealkylation sites (tertiary alicyclic amines) is 1. The average Bonchev–Trinajstić information content (AvgIpc) is 2.26. The van der Waals surface area contributed by atoms with E-state index in [0.29, 0.717) is 18.6 Å². The molecule has 16 heavy (non-hydrogen) atoms. The van der Waals surface area contributed by atoms with E-state index in [2.05, 4.69) is 31.1 Å². The molecule has 0 saturated carbocycles. The van der Waals surface area contributed by atoms with Crippen LogP contribution in [-0.2, 0) is 4.79 Å². The minimum atomic E-state index is 0.211. The minimum Gasteiger partial charge on any atom is -0.342 e. The Labute approximate surface area is 99.0 Å². The number of nitrogens with zero attached hydrogens (tertiary/aromatic N) is 2. The third-order valence-electron chi connectivity index (χ3n) is 3.29. The molecule has 0 radical (unpaired) electrons. The molecule has 1 N–H and O–H groups in total. The molecule has 94 valence electrons. The van der Waals surface area contributed by atoms with Crippen molar-refractivity contribution in [1.82, 2.24) is 15.1 Å². The van der Waals surface area contributed by atoms with Crippen LogP contribution in [0, 0.1) is 0 Å². The van der Waals surface area contributed by atoms with Crippen LogP contribution in [0.5, 0.6) is 0 Å². The van der Waals surface area contributed by atoms with Gasteiger partial charge in [-0.3, -0.25) is 4.79 Å². The van der Waals surface area contributed by atoms with Crippen LogP contribution in [0.15, 0.2) is 0 Å². The summed E-state index contributed by atoms with van der Waals surface area (Å²) in [5.74, 6) is 0.211. The summed E-state index contributed by atoms with van der Waals surface area (Å²) in [4.78, 5) is 16.1. The lowest BCUT2D eigenvalue weighted by Gasteiger charge is -2.35. The second-order valence-electron chi connectivity index (χ2n) is 5.07. The zero-order valence-corrected chi connectivity index (χ0v) is 11.0. The fraction of sp³-hybridized carbons (Fsp3) is 0.917. The van der Waals surface area contributed by atoms with Crippen LogP contribution in [0.2, 0.25) is 0 Å². The Morgan fingerprint density at radius 2 is 2.00 bits per heavy atom. The molecule has 1 rings (SSSR count). The lowest BCUT2D eigenvalue weighted by atomic mass is 10.0. The molecule has 1 fully saturated rings. The Morgan fingerprint density at radius 3 is 2.50 bits per heavy atom. The van der Waals surface area contributed by atoms with E-state index in [9.17, 15) is 4.79 Å². The second kappa shape index (κ2) is 6.21. The molecule has 1 aliphatic heterocycles. The highest BCUT2D eigenvalue weighted by atomic mass is 16.2. The quantitative estimate of drug-likeness (QED) is 0.761. The molecule has 0 aromatic carbocycles. The zero-order valence-electron chi connectivity index (χ0n) is 11.0. The van der Waals surface area contributed by atoms with Gasteiger partial charge >= 0.3 is 0 Å². The van der Waals surface area contributed by atoms with Gasteiger partial charge in [0.15, 0.2) is 0 Å². The van der Waals surface area contributed by atoms with Crippen LogP contribution >= 0.6 is 0 Å². The summed E-state index contributed by atoms with van der Waals surface area (Å²) in [7, 11) is 4.07. The molecule has 1 aliphatic rings. The van der Waals surface area contributed by atoms with Crippen molar-refractivity contribution in [2.75, 3.05) is 33.7 Å². The molecule has 1 amide bonds. The van der Waals surface area contributed by atoms with Crippen molar-refractivity contribution in [3.63, 3.8) is 0 Å². The fourth-order valence-electron chi connectivity index (χ4n) is 2.00. The Balaban J connectivity index is 2.32. The summed E-state index contributed by atoms with van der Waals surface area (Å²) < 4.78 is 0. The summed E-state index contributed by atoms with van der Waals surface area (Å²) in [5, 5.41) is 3.17. The molecule has 0 aliphatic carbocycles. The summed E-state index contributed by atoms with van der Waals surface area (Å²) in [6.07, 6.45) is 2.20. The second-order valence-corrected chi connectivity index (χ2v) is 5.07. The maximum Gasteiger partial charge on any atom is 0.236 e. The number of carbonyl (C=O) groups excluding carboxylic acids is 1. The molecule has 0 spiro atoms. The molecule has 4 nitrogen and oxygen atoms in total. The fourth-order valence-corrected chi connectivity index (χ4v) is 2.00. The van der Waals surface area contributed by atoms with Crippen LogP contribution in [0.4, 0.5) is 0 Å². The van der Waals surface area contributed by atoms with Crippen molar-refractivity contribution in [3.05, 3.63) is 0 Å². The standard InChI is InChI=1S/C12H25N3O/c1-10(2)13-9-12(16)15(4)11-5-7-14(3)8-6-11/h10-11,13H,5-9H2,1-4H3.